The molecule has 2 rings (SSSR count). The molecule has 108 valence electrons. The van der Waals surface area contributed by atoms with Crippen molar-refractivity contribution < 1.29 is 16.8 Å². The predicted octanol–water partition coefficient (Wildman–Crippen LogP) is 0.367. The summed E-state index contributed by atoms with van der Waals surface area (Å²) in [6.07, 6.45) is 0.534. The Morgan fingerprint density at radius 2 is 2.10 bits per heavy atom. The van der Waals surface area contributed by atoms with Crippen molar-refractivity contribution in [2.45, 2.75) is 11.3 Å². The molecule has 1 heterocycles. The van der Waals surface area contributed by atoms with Crippen LogP contribution in [0, 0.1) is 11.3 Å². The Morgan fingerprint density at radius 1 is 1.35 bits per heavy atom. The standard InChI is InChI=1S/C12H14N2O4S2/c13-10-11-3-1-4-12(9-11)19(15,16)8-6-14-5-2-7-20(14,17)18/h1,3-4,9H,2,5-8H2. The number of hydrogen-bond donors (Lipinski definition) is 0. The molecule has 0 bridgehead atoms. The van der Waals surface area contributed by atoms with Crippen LogP contribution in [0.25, 0.3) is 0 Å². The highest BCUT2D eigenvalue weighted by molar-refractivity contribution is 7.91. The normalized spacial score (nSPS) is 18.8. The molecule has 1 saturated heterocycles. The van der Waals surface area contributed by atoms with E-state index in [2.05, 4.69) is 0 Å². The molecule has 20 heavy (non-hydrogen) atoms. The van der Waals surface area contributed by atoms with Crippen molar-refractivity contribution in [3.63, 3.8) is 0 Å². The SMILES string of the molecule is N#Cc1cccc(S(=O)(=O)CCN2CCCS2(=O)=O)c1. The summed E-state index contributed by atoms with van der Waals surface area (Å²) in [5.74, 6) is -0.196. The Labute approximate surface area is 118 Å². The summed E-state index contributed by atoms with van der Waals surface area (Å²) >= 11 is 0. The van der Waals surface area contributed by atoms with E-state index in [4.69, 9.17) is 5.26 Å². The summed E-state index contributed by atoms with van der Waals surface area (Å²) in [5, 5.41) is 8.77. The first-order chi connectivity index (χ1) is 9.35. The van der Waals surface area contributed by atoms with E-state index >= 15 is 0 Å². The van der Waals surface area contributed by atoms with Gasteiger partial charge in [-0.2, -0.15) is 5.26 Å². The third-order valence-corrected chi connectivity index (χ3v) is 6.78. The van der Waals surface area contributed by atoms with Crippen molar-refractivity contribution in [2.75, 3.05) is 24.6 Å². The minimum absolute atomic E-state index is 0.0402. The quantitative estimate of drug-likeness (QED) is 0.800. The summed E-state index contributed by atoms with van der Waals surface area (Å²) in [5.41, 5.74) is 0.264. The lowest BCUT2D eigenvalue weighted by Crippen LogP contribution is -2.31. The molecule has 1 aromatic carbocycles. The molecule has 0 N–H and O–H groups in total. The molecule has 1 aromatic rings. The van der Waals surface area contributed by atoms with Crippen molar-refractivity contribution in [3.8, 4) is 6.07 Å². The number of nitrogens with zero attached hydrogens (tertiary/aromatic N) is 2. The van der Waals surface area contributed by atoms with E-state index < -0.39 is 19.9 Å². The zero-order chi connectivity index (χ0) is 14.8. The lowest BCUT2D eigenvalue weighted by molar-refractivity contribution is 0.461. The summed E-state index contributed by atoms with van der Waals surface area (Å²) < 4.78 is 48.7. The van der Waals surface area contributed by atoms with Crippen molar-refractivity contribution >= 4 is 19.9 Å². The highest BCUT2D eigenvalue weighted by atomic mass is 32.2. The van der Waals surface area contributed by atoms with E-state index in [-0.39, 0.29) is 28.5 Å². The topological polar surface area (TPSA) is 95.3 Å². The highest BCUT2D eigenvalue weighted by Crippen LogP contribution is 2.16. The maximum Gasteiger partial charge on any atom is 0.214 e. The van der Waals surface area contributed by atoms with Gasteiger partial charge in [0.2, 0.25) is 10.0 Å². The van der Waals surface area contributed by atoms with Crippen LogP contribution in [0.1, 0.15) is 12.0 Å². The van der Waals surface area contributed by atoms with Gasteiger partial charge in [-0.25, -0.2) is 21.1 Å². The molecule has 6 nitrogen and oxygen atoms in total. The van der Waals surface area contributed by atoms with Crippen molar-refractivity contribution in [1.29, 1.82) is 5.26 Å². The van der Waals surface area contributed by atoms with Gasteiger partial charge >= 0.3 is 0 Å². The van der Waals surface area contributed by atoms with E-state index in [0.717, 1.165) is 0 Å². The second-order valence-electron chi connectivity index (χ2n) is 4.53. The Morgan fingerprint density at radius 3 is 2.70 bits per heavy atom. The molecular weight excluding hydrogens is 300 g/mol. The minimum atomic E-state index is -3.59. The average molecular weight is 314 g/mol. The van der Waals surface area contributed by atoms with Gasteiger partial charge in [0.25, 0.3) is 0 Å². The smallest absolute Gasteiger partial charge is 0.214 e. The number of hydrogen-bond acceptors (Lipinski definition) is 5. The molecule has 0 amide bonds. The zero-order valence-electron chi connectivity index (χ0n) is 10.7. The molecule has 1 fully saturated rings. The summed E-state index contributed by atoms with van der Waals surface area (Å²) in [6, 6.07) is 7.61. The Bertz CT molecular complexity index is 748. The van der Waals surface area contributed by atoms with Crippen LogP contribution in [0.2, 0.25) is 0 Å². The van der Waals surface area contributed by atoms with E-state index in [1.54, 1.807) is 0 Å². The van der Waals surface area contributed by atoms with Crippen molar-refractivity contribution in [2.24, 2.45) is 0 Å². The zero-order valence-corrected chi connectivity index (χ0v) is 12.3. The third kappa shape index (κ3) is 3.17. The van der Waals surface area contributed by atoms with Crippen LogP contribution in [-0.4, -0.2) is 45.7 Å². The fraction of sp³-hybridized carbons (Fsp3) is 0.417. The molecule has 0 saturated carbocycles. The number of nitriles is 1. The monoisotopic (exact) mass is 314 g/mol. The van der Waals surface area contributed by atoms with E-state index in [1.165, 1.54) is 28.6 Å². The molecular formula is C12H14N2O4S2. The van der Waals surface area contributed by atoms with Crippen LogP contribution < -0.4 is 0 Å². The van der Waals surface area contributed by atoms with Gasteiger partial charge in [-0.05, 0) is 24.6 Å². The fourth-order valence-corrected chi connectivity index (χ4v) is 4.97. The van der Waals surface area contributed by atoms with Gasteiger partial charge in [0.15, 0.2) is 9.84 Å². The van der Waals surface area contributed by atoms with Crippen molar-refractivity contribution in [3.05, 3.63) is 29.8 Å². The van der Waals surface area contributed by atoms with E-state index in [0.29, 0.717) is 13.0 Å². The third-order valence-electron chi connectivity index (χ3n) is 3.13. The van der Waals surface area contributed by atoms with Crippen molar-refractivity contribution in [1.82, 2.24) is 4.31 Å². The van der Waals surface area contributed by atoms with Gasteiger partial charge in [-0.3, -0.25) is 0 Å². The molecule has 1 aliphatic heterocycles. The van der Waals surface area contributed by atoms with Gasteiger partial charge in [-0.15, -0.1) is 0 Å². The predicted molar refractivity (Wildman–Crippen MR) is 73.2 cm³/mol. The number of sulfone groups is 1. The van der Waals surface area contributed by atoms with Crippen LogP contribution >= 0.6 is 0 Å². The number of sulfonamides is 1. The first-order valence-corrected chi connectivity index (χ1v) is 9.32. The molecule has 0 aliphatic carbocycles. The van der Waals surface area contributed by atoms with Gasteiger partial charge in [-0.1, -0.05) is 6.07 Å². The van der Waals surface area contributed by atoms with Gasteiger partial charge < -0.3 is 0 Å². The lowest BCUT2D eigenvalue weighted by atomic mass is 10.2. The van der Waals surface area contributed by atoms with Crippen LogP contribution in [0.4, 0.5) is 0 Å². The summed E-state index contributed by atoms with van der Waals surface area (Å²) in [6.45, 7) is 0.331. The van der Waals surface area contributed by atoms with E-state index in [9.17, 15) is 16.8 Å². The molecule has 0 atom stereocenters. The number of benzene rings is 1. The molecule has 0 unspecified atom stereocenters. The second-order valence-corrected chi connectivity index (χ2v) is 8.72. The Balaban J connectivity index is 2.14. The van der Waals surface area contributed by atoms with Crippen LogP contribution in [-0.2, 0) is 19.9 Å². The maximum absolute atomic E-state index is 12.1. The lowest BCUT2D eigenvalue weighted by Gasteiger charge is -2.14. The van der Waals surface area contributed by atoms with Gasteiger partial charge in [0.1, 0.15) is 0 Å². The van der Waals surface area contributed by atoms with E-state index in [1.807, 2.05) is 6.07 Å². The first kappa shape index (κ1) is 15.0. The fourth-order valence-electron chi connectivity index (χ4n) is 2.04. The molecule has 0 radical (unpaired) electrons. The Hall–Kier alpha value is -1.43. The molecule has 8 heteroatoms. The van der Waals surface area contributed by atoms with Crippen LogP contribution in [0.15, 0.2) is 29.2 Å². The second kappa shape index (κ2) is 5.52. The molecule has 0 spiro atoms. The van der Waals surface area contributed by atoms with Gasteiger partial charge in [0, 0.05) is 13.1 Å². The van der Waals surface area contributed by atoms with Crippen LogP contribution in [0.5, 0.6) is 0 Å². The minimum Gasteiger partial charge on any atom is -0.224 e. The molecule has 0 aromatic heterocycles. The Kier molecular flexibility index (Phi) is 4.13. The highest BCUT2D eigenvalue weighted by Gasteiger charge is 2.29. The van der Waals surface area contributed by atoms with Gasteiger partial charge in [0.05, 0.1) is 28.0 Å². The summed E-state index contributed by atoms with van der Waals surface area (Å²) in [4.78, 5) is 0.0492. The largest absolute Gasteiger partial charge is 0.224 e. The maximum atomic E-state index is 12.1. The first-order valence-electron chi connectivity index (χ1n) is 6.06. The average Bonchev–Trinajstić information content (AvgIpc) is 2.75. The molecule has 1 aliphatic rings. The summed E-state index contributed by atoms with van der Waals surface area (Å²) in [7, 11) is -6.88. The number of rotatable bonds is 4. The van der Waals surface area contributed by atoms with Crippen LogP contribution in [0.3, 0.4) is 0 Å².